The van der Waals surface area contributed by atoms with Crippen molar-refractivity contribution in [1.82, 2.24) is 0 Å². The Hall–Kier alpha value is -0.216. The van der Waals surface area contributed by atoms with Gasteiger partial charge >= 0.3 is 0 Å². The average Bonchev–Trinajstić information content (AvgIpc) is 2.51. The van der Waals surface area contributed by atoms with E-state index in [1.165, 1.54) is 0 Å². The van der Waals surface area contributed by atoms with Gasteiger partial charge in [0.2, 0.25) is 0 Å². The zero-order valence-electron chi connectivity index (χ0n) is 22.2. The van der Waals surface area contributed by atoms with Crippen LogP contribution in [0.25, 0.3) is 0 Å². The molecule has 0 amide bonds. The van der Waals surface area contributed by atoms with E-state index in [2.05, 4.69) is 67.7 Å². The van der Waals surface area contributed by atoms with E-state index in [9.17, 15) is 9.90 Å². The lowest BCUT2D eigenvalue weighted by Gasteiger charge is -2.39. The molecule has 5 nitrogen and oxygen atoms in total. The second-order valence-corrected chi connectivity index (χ2v) is 21.5. The van der Waals surface area contributed by atoms with Crippen LogP contribution in [0.5, 0.6) is 0 Å². The number of ether oxygens (including phenoxy) is 1. The molecule has 31 heavy (non-hydrogen) atoms. The first-order valence-corrected chi connectivity index (χ1v) is 17.2. The molecule has 0 saturated heterocycles. The second kappa shape index (κ2) is 11.8. The molecule has 7 heteroatoms. The van der Waals surface area contributed by atoms with E-state index in [1.54, 1.807) is 19.8 Å². The predicted molar refractivity (Wildman–Crippen MR) is 135 cm³/mol. The lowest BCUT2D eigenvalue weighted by Crippen LogP contribution is -2.44. The molecular weight excluding hydrogens is 424 g/mol. The Labute approximate surface area is 194 Å². The molecule has 0 bridgehead atoms. The van der Waals surface area contributed by atoms with Crippen LogP contribution in [-0.4, -0.2) is 52.6 Å². The highest BCUT2D eigenvalue weighted by atomic mass is 28.4. The summed E-state index contributed by atoms with van der Waals surface area (Å²) in [6, 6.07) is 0. The van der Waals surface area contributed by atoms with Crippen LogP contribution in [0.3, 0.4) is 0 Å². The van der Waals surface area contributed by atoms with Crippen LogP contribution in [-0.2, 0) is 18.4 Å². The van der Waals surface area contributed by atoms with Crippen LogP contribution in [0.1, 0.15) is 68.2 Å². The lowest BCUT2D eigenvalue weighted by molar-refractivity contribution is -0.133. The van der Waals surface area contributed by atoms with Gasteiger partial charge in [0, 0.05) is 25.6 Å². The third-order valence-corrected chi connectivity index (χ3v) is 15.9. The van der Waals surface area contributed by atoms with Gasteiger partial charge in [-0.05, 0) is 69.4 Å². The Kier molecular flexibility index (Phi) is 11.7. The van der Waals surface area contributed by atoms with E-state index in [0.717, 1.165) is 0 Å². The Bertz CT molecular complexity index is 533. The molecule has 0 aromatic rings. The first-order chi connectivity index (χ1) is 13.7. The molecule has 0 aliphatic rings. The fourth-order valence-corrected chi connectivity index (χ4v) is 5.01. The van der Waals surface area contributed by atoms with Gasteiger partial charge in [-0.1, -0.05) is 41.5 Å². The van der Waals surface area contributed by atoms with Gasteiger partial charge in [0.1, 0.15) is 6.10 Å². The number of aliphatic hydroxyl groups is 1. The second-order valence-electron chi connectivity index (χ2n) is 12.0. The Morgan fingerprint density at radius 1 is 0.935 bits per heavy atom. The van der Waals surface area contributed by atoms with Crippen LogP contribution in [0.2, 0.25) is 36.3 Å². The largest absolute Gasteiger partial charge is 0.464 e. The predicted octanol–water partition coefficient (Wildman–Crippen LogP) is 6.10. The molecule has 0 aromatic heterocycles. The minimum Gasteiger partial charge on any atom is -0.464 e. The summed E-state index contributed by atoms with van der Waals surface area (Å²) in [7, 11) is -3.72. The molecule has 0 saturated carbocycles. The zero-order valence-corrected chi connectivity index (χ0v) is 24.2. The van der Waals surface area contributed by atoms with E-state index in [4.69, 9.17) is 13.6 Å². The van der Waals surface area contributed by atoms with Gasteiger partial charge in [0.15, 0.2) is 16.6 Å². The smallest absolute Gasteiger partial charge is 0.293 e. The van der Waals surface area contributed by atoms with Gasteiger partial charge in [-0.2, -0.15) is 0 Å². The topological polar surface area (TPSA) is 65.0 Å². The molecule has 0 aromatic carbocycles. The van der Waals surface area contributed by atoms with Gasteiger partial charge in [0.05, 0.1) is 5.60 Å². The van der Waals surface area contributed by atoms with Gasteiger partial charge in [0.25, 0.3) is 6.47 Å². The third kappa shape index (κ3) is 11.5. The Morgan fingerprint density at radius 3 is 1.90 bits per heavy atom. The fraction of sp³-hybridized carbons (Fsp3) is 0.833. The van der Waals surface area contributed by atoms with Gasteiger partial charge < -0.3 is 18.7 Å². The molecule has 183 valence electrons. The SMILES string of the molecule is C[C@H](C[C@H]([CH][CH][CH][C@@](C)(O)CCO[Si](C)(C)C(C)(C)C)OC=O)O[Si](C)(C)C(C)(C)C. The Balaban J connectivity index is 4.59. The highest BCUT2D eigenvalue weighted by molar-refractivity contribution is 6.74. The first-order valence-electron chi connectivity index (χ1n) is 11.4. The highest BCUT2D eigenvalue weighted by Crippen LogP contribution is 2.38. The number of carbonyl (C=O) groups excluding carboxylic acids is 1. The summed E-state index contributed by atoms with van der Waals surface area (Å²) in [4.78, 5) is 11.0. The number of rotatable bonds is 14. The number of hydrogen-bond acceptors (Lipinski definition) is 5. The zero-order chi connectivity index (χ0) is 24.7. The van der Waals surface area contributed by atoms with E-state index in [1.807, 2.05) is 13.3 Å². The van der Waals surface area contributed by atoms with Crippen LogP contribution in [0, 0.1) is 19.3 Å². The molecule has 3 radical (unpaired) electrons. The maximum absolute atomic E-state index is 11.0. The van der Waals surface area contributed by atoms with Gasteiger partial charge in [-0.25, -0.2) is 0 Å². The average molecular weight is 474 g/mol. The van der Waals surface area contributed by atoms with Crippen LogP contribution < -0.4 is 0 Å². The summed E-state index contributed by atoms with van der Waals surface area (Å²) in [5, 5.41) is 10.9. The molecule has 0 rings (SSSR count). The van der Waals surface area contributed by atoms with E-state index >= 15 is 0 Å². The molecular formula is C24H49O5Si2. The van der Waals surface area contributed by atoms with Crippen molar-refractivity contribution in [2.75, 3.05) is 6.61 Å². The van der Waals surface area contributed by atoms with Crippen LogP contribution in [0.15, 0.2) is 0 Å². The lowest BCUT2D eigenvalue weighted by atomic mass is 9.94. The maximum atomic E-state index is 11.0. The minimum absolute atomic E-state index is 0.0333. The molecule has 1 N–H and O–H groups in total. The molecule has 0 unspecified atom stereocenters. The van der Waals surface area contributed by atoms with Crippen molar-refractivity contribution in [3.63, 3.8) is 0 Å². The van der Waals surface area contributed by atoms with Crippen molar-refractivity contribution < 1.29 is 23.5 Å². The molecule has 0 fully saturated rings. The minimum atomic E-state index is -1.89. The summed E-state index contributed by atoms with van der Waals surface area (Å²) in [5.41, 5.74) is -0.992. The van der Waals surface area contributed by atoms with E-state index in [-0.39, 0.29) is 16.2 Å². The van der Waals surface area contributed by atoms with E-state index in [0.29, 0.717) is 25.9 Å². The molecule has 3 atom stereocenters. The molecule has 0 spiro atoms. The van der Waals surface area contributed by atoms with Crippen molar-refractivity contribution in [3.8, 4) is 0 Å². The Morgan fingerprint density at radius 2 is 1.45 bits per heavy atom. The number of hydrogen-bond donors (Lipinski definition) is 1. The summed E-state index contributed by atoms with van der Waals surface area (Å²) >= 11 is 0. The van der Waals surface area contributed by atoms with Crippen molar-refractivity contribution >= 4 is 23.1 Å². The van der Waals surface area contributed by atoms with Crippen molar-refractivity contribution in [3.05, 3.63) is 19.3 Å². The van der Waals surface area contributed by atoms with Crippen molar-refractivity contribution in [2.24, 2.45) is 0 Å². The van der Waals surface area contributed by atoms with Crippen molar-refractivity contribution in [2.45, 2.75) is 122 Å². The monoisotopic (exact) mass is 473 g/mol. The van der Waals surface area contributed by atoms with Gasteiger partial charge in [-0.15, -0.1) is 0 Å². The van der Waals surface area contributed by atoms with Crippen LogP contribution >= 0.6 is 0 Å². The molecule has 0 aliphatic heterocycles. The quantitative estimate of drug-likeness (QED) is 0.244. The van der Waals surface area contributed by atoms with Gasteiger partial charge in [-0.3, -0.25) is 4.79 Å². The van der Waals surface area contributed by atoms with Crippen LogP contribution in [0.4, 0.5) is 0 Å². The third-order valence-electron chi connectivity index (χ3n) is 6.75. The molecule has 0 aliphatic carbocycles. The standard InChI is InChI=1S/C24H49O5Si2/c1-20(29-31(11,12)23(5,6)7)18-21(27-19-25)14-13-15-24(8,26)16-17-28-30(9,10)22(2,3)4/h13-15,19-21,26H,16-18H2,1-12H3/t20-,21+,24-/m1/s1. The summed E-state index contributed by atoms with van der Waals surface area (Å²) in [6.45, 7) is 26.8. The summed E-state index contributed by atoms with van der Waals surface area (Å²) in [5.74, 6) is 0. The fourth-order valence-electron chi connectivity index (χ4n) is 2.51. The number of carbonyl (C=O) groups is 1. The molecule has 0 heterocycles. The first kappa shape index (κ1) is 30.8. The van der Waals surface area contributed by atoms with E-state index < -0.39 is 28.3 Å². The normalized spacial score (nSPS) is 17.7. The highest BCUT2D eigenvalue weighted by Gasteiger charge is 2.39. The van der Waals surface area contributed by atoms with Crippen molar-refractivity contribution in [1.29, 1.82) is 0 Å². The maximum Gasteiger partial charge on any atom is 0.293 e. The summed E-state index contributed by atoms with van der Waals surface area (Å²) in [6.07, 6.45) is 5.98. The summed E-state index contributed by atoms with van der Waals surface area (Å²) < 4.78 is 17.8.